The van der Waals surface area contributed by atoms with E-state index in [1.165, 1.54) is 20.2 Å². The van der Waals surface area contributed by atoms with E-state index in [9.17, 15) is 9.59 Å². The van der Waals surface area contributed by atoms with Gasteiger partial charge in [-0.15, -0.1) is 0 Å². The number of amides is 1. The Morgan fingerprint density at radius 1 is 1.11 bits per heavy atom. The predicted octanol–water partition coefficient (Wildman–Crippen LogP) is 2.25. The van der Waals surface area contributed by atoms with E-state index in [0.29, 0.717) is 17.1 Å². The average molecular weight is 386 g/mol. The maximum atomic E-state index is 12.0. The zero-order chi connectivity index (χ0) is 20.5. The van der Waals surface area contributed by atoms with Crippen molar-refractivity contribution in [3.63, 3.8) is 0 Å². The van der Waals surface area contributed by atoms with Gasteiger partial charge >= 0.3 is 5.97 Å². The number of carboxylic acids is 1. The smallest absolute Gasteiger partial charge is 0.344 e. The minimum Gasteiger partial charge on any atom is -0.497 e. The standard InChI is InChI=1S/C20H22N2O6/c1-13(20(24)25)28-17-9-6-15(10-18(17)27-3)12-21-22-19(23)11-14-4-7-16(26-2)8-5-14/h4-10,12-13H,11H2,1-3H3,(H,22,23)(H,24,25)/b21-12+/t13-/m1/s1. The van der Waals surface area contributed by atoms with Crippen molar-refractivity contribution in [2.45, 2.75) is 19.4 Å². The van der Waals surface area contributed by atoms with Crippen LogP contribution in [0, 0.1) is 0 Å². The van der Waals surface area contributed by atoms with E-state index in [0.717, 1.165) is 11.3 Å². The molecule has 0 unspecified atom stereocenters. The molecule has 1 amide bonds. The average Bonchev–Trinajstić information content (AvgIpc) is 2.69. The van der Waals surface area contributed by atoms with Gasteiger partial charge < -0.3 is 19.3 Å². The summed E-state index contributed by atoms with van der Waals surface area (Å²) in [7, 11) is 3.03. The monoisotopic (exact) mass is 386 g/mol. The number of aliphatic carboxylic acids is 1. The Bertz CT molecular complexity index is 848. The summed E-state index contributed by atoms with van der Waals surface area (Å²) in [6.45, 7) is 1.43. The number of methoxy groups -OCH3 is 2. The lowest BCUT2D eigenvalue weighted by atomic mass is 10.1. The number of carboxylic acid groups (broad SMARTS) is 1. The number of rotatable bonds is 9. The number of nitrogens with zero attached hydrogens (tertiary/aromatic N) is 1. The van der Waals surface area contributed by atoms with Gasteiger partial charge in [-0.3, -0.25) is 4.79 Å². The summed E-state index contributed by atoms with van der Waals surface area (Å²) in [5.74, 6) is 0.0527. The van der Waals surface area contributed by atoms with Crippen molar-refractivity contribution in [2.75, 3.05) is 14.2 Å². The molecule has 0 fully saturated rings. The summed E-state index contributed by atoms with van der Waals surface area (Å²) >= 11 is 0. The lowest BCUT2D eigenvalue weighted by Gasteiger charge is -2.14. The molecule has 0 spiro atoms. The molecule has 28 heavy (non-hydrogen) atoms. The zero-order valence-electron chi connectivity index (χ0n) is 15.8. The van der Waals surface area contributed by atoms with Crippen LogP contribution in [-0.4, -0.2) is 43.5 Å². The predicted molar refractivity (Wildman–Crippen MR) is 103 cm³/mol. The Kier molecular flexibility index (Phi) is 7.38. The van der Waals surface area contributed by atoms with Crippen LogP contribution in [-0.2, 0) is 16.0 Å². The molecule has 0 aromatic heterocycles. The first-order valence-electron chi connectivity index (χ1n) is 8.45. The second kappa shape index (κ2) is 9.96. The van der Waals surface area contributed by atoms with Gasteiger partial charge in [0.25, 0.3) is 0 Å². The third kappa shape index (κ3) is 6.01. The number of hydrazone groups is 1. The molecule has 8 nitrogen and oxygen atoms in total. The molecule has 0 radical (unpaired) electrons. The summed E-state index contributed by atoms with van der Waals surface area (Å²) in [6, 6.07) is 12.1. The lowest BCUT2D eigenvalue weighted by Crippen LogP contribution is -2.23. The van der Waals surface area contributed by atoms with Crippen LogP contribution in [0.5, 0.6) is 17.2 Å². The van der Waals surface area contributed by atoms with Crippen molar-refractivity contribution in [3.8, 4) is 17.2 Å². The van der Waals surface area contributed by atoms with Crippen LogP contribution in [0.25, 0.3) is 0 Å². The summed E-state index contributed by atoms with van der Waals surface area (Å²) in [5.41, 5.74) is 3.94. The number of benzene rings is 2. The second-order valence-electron chi connectivity index (χ2n) is 5.83. The highest BCUT2D eigenvalue weighted by Gasteiger charge is 2.15. The quantitative estimate of drug-likeness (QED) is 0.506. The first-order valence-corrected chi connectivity index (χ1v) is 8.45. The Labute approximate surface area is 162 Å². The zero-order valence-corrected chi connectivity index (χ0v) is 15.8. The van der Waals surface area contributed by atoms with Crippen LogP contribution in [0.15, 0.2) is 47.6 Å². The number of carbonyl (C=O) groups is 2. The highest BCUT2D eigenvalue weighted by molar-refractivity contribution is 5.84. The first kappa shape index (κ1) is 20.8. The molecule has 148 valence electrons. The van der Waals surface area contributed by atoms with Crippen LogP contribution >= 0.6 is 0 Å². The molecule has 2 rings (SSSR count). The fourth-order valence-corrected chi connectivity index (χ4v) is 2.25. The van der Waals surface area contributed by atoms with E-state index in [2.05, 4.69) is 10.5 Å². The van der Waals surface area contributed by atoms with Crippen molar-refractivity contribution in [1.82, 2.24) is 5.43 Å². The topological polar surface area (TPSA) is 106 Å². The minimum atomic E-state index is -1.08. The third-order valence-electron chi connectivity index (χ3n) is 3.77. The van der Waals surface area contributed by atoms with Gasteiger partial charge in [0.15, 0.2) is 17.6 Å². The maximum Gasteiger partial charge on any atom is 0.344 e. The van der Waals surface area contributed by atoms with E-state index in [4.69, 9.17) is 19.3 Å². The fraction of sp³-hybridized carbons (Fsp3) is 0.250. The molecule has 0 aliphatic heterocycles. The van der Waals surface area contributed by atoms with Gasteiger partial charge in [0.2, 0.25) is 5.91 Å². The van der Waals surface area contributed by atoms with Gasteiger partial charge in [0.05, 0.1) is 26.9 Å². The SMILES string of the molecule is COc1ccc(CC(=O)N/N=C/c2ccc(O[C@H](C)C(=O)O)c(OC)c2)cc1. The molecule has 1 atom stereocenters. The lowest BCUT2D eigenvalue weighted by molar-refractivity contribution is -0.144. The summed E-state index contributed by atoms with van der Waals surface area (Å²) in [6.07, 6.45) is 0.634. The van der Waals surface area contributed by atoms with Crippen LogP contribution in [0.1, 0.15) is 18.1 Å². The first-order chi connectivity index (χ1) is 13.4. The number of ether oxygens (including phenoxy) is 3. The molecule has 0 heterocycles. The Hall–Kier alpha value is -3.55. The highest BCUT2D eigenvalue weighted by atomic mass is 16.5. The normalized spacial score (nSPS) is 11.7. The summed E-state index contributed by atoms with van der Waals surface area (Å²) < 4.78 is 15.6. The fourth-order valence-electron chi connectivity index (χ4n) is 2.25. The van der Waals surface area contributed by atoms with Gasteiger partial charge in [0, 0.05) is 0 Å². The Morgan fingerprint density at radius 2 is 1.82 bits per heavy atom. The van der Waals surface area contributed by atoms with Crippen LogP contribution in [0.2, 0.25) is 0 Å². The van der Waals surface area contributed by atoms with Crippen molar-refractivity contribution < 1.29 is 28.9 Å². The highest BCUT2D eigenvalue weighted by Crippen LogP contribution is 2.28. The van der Waals surface area contributed by atoms with Gasteiger partial charge in [-0.2, -0.15) is 5.10 Å². The Balaban J connectivity index is 1.95. The molecule has 0 saturated heterocycles. The molecule has 8 heteroatoms. The van der Waals surface area contributed by atoms with Crippen molar-refractivity contribution >= 4 is 18.1 Å². The number of carbonyl (C=O) groups excluding carboxylic acids is 1. The van der Waals surface area contributed by atoms with E-state index in [-0.39, 0.29) is 12.3 Å². The van der Waals surface area contributed by atoms with Crippen LogP contribution < -0.4 is 19.6 Å². The molecular formula is C20H22N2O6. The molecule has 0 aliphatic carbocycles. The summed E-state index contributed by atoms with van der Waals surface area (Å²) in [5, 5.41) is 12.9. The van der Waals surface area contributed by atoms with Crippen molar-refractivity contribution in [1.29, 1.82) is 0 Å². The molecule has 0 bridgehead atoms. The molecule has 2 aromatic carbocycles. The van der Waals surface area contributed by atoms with Crippen LogP contribution in [0.3, 0.4) is 0 Å². The molecule has 0 saturated carbocycles. The van der Waals surface area contributed by atoms with E-state index < -0.39 is 12.1 Å². The summed E-state index contributed by atoms with van der Waals surface area (Å²) in [4.78, 5) is 22.9. The van der Waals surface area contributed by atoms with Gasteiger partial charge in [-0.1, -0.05) is 12.1 Å². The van der Waals surface area contributed by atoms with Crippen molar-refractivity contribution in [2.24, 2.45) is 5.10 Å². The minimum absolute atomic E-state index is 0.185. The van der Waals surface area contributed by atoms with Gasteiger partial charge in [0.1, 0.15) is 5.75 Å². The number of hydrogen-bond donors (Lipinski definition) is 2. The van der Waals surface area contributed by atoms with Gasteiger partial charge in [-0.25, -0.2) is 10.2 Å². The van der Waals surface area contributed by atoms with E-state index in [1.54, 1.807) is 37.4 Å². The molecule has 0 aliphatic rings. The molecule has 2 aromatic rings. The second-order valence-corrected chi connectivity index (χ2v) is 5.83. The van der Waals surface area contributed by atoms with Crippen LogP contribution in [0.4, 0.5) is 0 Å². The molecular weight excluding hydrogens is 364 g/mol. The maximum absolute atomic E-state index is 12.0. The van der Waals surface area contributed by atoms with Gasteiger partial charge in [-0.05, 0) is 48.4 Å². The number of hydrogen-bond acceptors (Lipinski definition) is 6. The Morgan fingerprint density at radius 3 is 2.43 bits per heavy atom. The number of nitrogens with one attached hydrogen (secondary N) is 1. The largest absolute Gasteiger partial charge is 0.497 e. The van der Waals surface area contributed by atoms with E-state index >= 15 is 0 Å². The van der Waals surface area contributed by atoms with Crippen molar-refractivity contribution in [3.05, 3.63) is 53.6 Å². The molecule has 2 N–H and O–H groups in total. The van der Waals surface area contributed by atoms with E-state index in [1.807, 2.05) is 12.1 Å². The third-order valence-corrected chi connectivity index (χ3v) is 3.77.